The molecule has 0 unspecified atom stereocenters. The molecule has 2 N–H and O–H groups in total. The van der Waals surface area contributed by atoms with Crippen LogP contribution >= 0.6 is 23.1 Å². The highest BCUT2D eigenvalue weighted by molar-refractivity contribution is 7.98. The lowest BCUT2D eigenvalue weighted by molar-refractivity contribution is 0.442. The third-order valence-electron chi connectivity index (χ3n) is 3.46. The maximum absolute atomic E-state index is 6.08. The lowest BCUT2D eigenvalue weighted by Crippen LogP contribution is -2.04. The summed E-state index contributed by atoms with van der Waals surface area (Å²) in [6.07, 6.45) is 11.2. The van der Waals surface area contributed by atoms with Crippen molar-refractivity contribution in [2.75, 3.05) is 17.7 Å². The summed E-state index contributed by atoms with van der Waals surface area (Å²) >= 11 is 3.64. The Morgan fingerprint density at radius 2 is 2.12 bits per heavy atom. The Kier molecular flexibility index (Phi) is 5.16. The van der Waals surface area contributed by atoms with Crippen molar-refractivity contribution in [3.05, 3.63) is 10.7 Å². The van der Waals surface area contributed by atoms with Crippen molar-refractivity contribution < 1.29 is 0 Å². The summed E-state index contributed by atoms with van der Waals surface area (Å²) in [7, 11) is 0. The molecule has 0 bridgehead atoms. The summed E-state index contributed by atoms with van der Waals surface area (Å²) in [5.74, 6) is 1.90. The molecule has 1 aliphatic carbocycles. The molecule has 0 radical (unpaired) electrons. The van der Waals surface area contributed by atoms with Crippen molar-refractivity contribution in [1.29, 1.82) is 0 Å². The van der Waals surface area contributed by atoms with Crippen molar-refractivity contribution in [1.82, 2.24) is 4.98 Å². The highest BCUT2D eigenvalue weighted by Crippen LogP contribution is 2.37. The maximum Gasteiger partial charge on any atom is 0.109 e. The van der Waals surface area contributed by atoms with E-state index in [1.807, 2.05) is 11.8 Å². The van der Waals surface area contributed by atoms with E-state index >= 15 is 0 Å². The summed E-state index contributed by atoms with van der Waals surface area (Å²) in [4.78, 5) is 4.79. The summed E-state index contributed by atoms with van der Waals surface area (Å²) in [6.45, 7) is 0. The second-order valence-corrected chi connectivity index (χ2v) is 6.84. The van der Waals surface area contributed by atoms with Crippen molar-refractivity contribution >= 4 is 28.1 Å². The fraction of sp³-hybridized carbons (Fsp3) is 0.769. The van der Waals surface area contributed by atoms with Crippen LogP contribution in [0.25, 0.3) is 0 Å². The zero-order chi connectivity index (χ0) is 12.1. The first-order valence-corrected chi connectivity index (χ1v) is 8.76. The van der Waals surface area contributed by atoms with Gasteiger partial charge in [0, 0.05) is 5.92 Å². The molecule has 1 aromatic heterocycles. The topological polar surface area (TPSA) is 38.9 Å². The molecule has 0 aliphatic heterocycles. The van der Waals surface area contributed by atoms with E-state index in [9.17, 15) is 0 Å². The average molecular weight is 270 g/mol. The Morgan fingerprint density at radius 3 is 2.82 bits per heavy atom. The summed E-state index contributed by atoms with van der Waals surface area (Å²) < 4.78 is 0. The minimum Gasteiger partial charge on any atom is -0.389 e. The SMILES string of the molecule is CSCCCc1nc(C2CCCCC2)sc1N. The van der Waals surface area contributed by atoms with Crippen LogP contribution in [0.4, 0.5) is 5.00 Å². The van der Waals surface area contributed by atoms with Gasteiger partial charge in [-0.25, -0.2) is 4.98 Å². The Morgan fingerprint density at radius 1 is 1.35 bits per heavy atom. The molecule has 1 fully saturated rings. The molecule has 96 valence electrons. The second kappa shape index (κ2) is 6.64. The van der Waals surface area contributed by atoms with E-state index in [0.717, 1.165) is 17.1 Å². The van der Waals surface area contributed by atoms with Gasteiger partial charge in [-0.2, -0.15) is 11.8 Å². The maximum atomic E-state index is 6.08. The van der Waals surface area contributed by atoms with Gasteiger partial charge in [0.2, 0.25) is 0 Å². The van der Waals surface area contributed by atoms with Gasteiger partial charge in [0.05, 0.1) is 10.7 Å². The van der Waals surface area contributed by atoms with Gasteiger partial charge in [0.25, 0.3) is 0 Å². The minimum absolute atomic E-state index is 0.699. The van der Waals surface area contributed by atoms with E-state index < -0.39 is 0 Å². The zero-order valence-corrected chi connectivity index (χ0v) is 12.2. The van der Waals surface area contributed by atoms with Gasteiger partial charge in [-0.3, -0.25) is 0 Å². The number of hydrogen-bond donors (Lipinski definition) is 1. The molecule has 0 atom stereocenters. The lowest BCUT2D eigenvalue weighted by atomic mass is 9.90. The number of aromatic nitrogens is 1. The quantitative estimate of drug-likeness (QED) is 0.820. The van der Waals surface area contributed by atoms with Crippen LogP contribution in [0.1, 0.15) is 55.1 Å². The van der Waals surface area contributed by atoms with Crippen LogP contribution in [0.15, 0.2) is 0 Å². The van der Waals surface area contributed by atoms with E-state index in [1.165, 1.54) is 49.3 Å². The molecular formula is C13H22N2S2. The fourth-order valence-corrected chi connectivity index (χ4v) is 3.95. The average Bonchev–Trinajstić information content (AvgIpc) is 2.73. The molecule has 1 aliphatic rings. The summed E-state index contributed by atoms with van der Waals surface area (Å²) in [5.41, 5.74) is 7.24. The molecular weight excluding hydrogens is 248 g/mol. The number of rotatable bonds is 5. The third-order valence-corrected chi connectivity index (χ3v) is 5.25. The largest absolute Gasteiger partial charge is 0.389 e. The van der Waals surface area contributed by atoms with Crippen LogP contribution in [-0.4, -0.2) is 17.0 Å². The monoisotopic (exact) mass is 270 g/mol. The Labute approximate surface area is 112 Å². The molecule has 0 aromatic carbocycles. The van der Waals surface area contributed by atoms with Gasteiger partial charge in [-0.05, 0) is 37.7 Å². The molecule has 0 amide bonds. The molecule has 17 heavy (non-hydrogen) atoms. The van der Waals surface area contributed by atoms with Gasteiger partial charge in [0.1, 0.15) is 5.00 Å². The smallest absolute Gasteiger partial charge is 0.109 e. The molecule has 1 saturated carbocycles. The van der Waals surface area contributed by atoms with Crippen LogP contribution in [0.3, 0.4) is 0 Å². The second-order valence-electron chi connectivity index (χ2n) is 4.79. The summed E-state index contributed by atoms with van der Waals surface area (Å²) in [5, 5.41) is 2.27. The van der Waals surface area contributed by atoms with Gasteiger partial charge in [-0.1, -0.05) is 19.3 Å². The predicted molar refractivity (Wildman–Crippen MR) is 79.1 cm³/mol. The first-order valence-electron chi connectivity index (χ1n) is 6.55. The molecule has 2 rings (SSSR count). The molecule has 1 heterocycles. The molecule has 1 aromatic rings. The minimum atomic E-state index is 0.699. The Balaban J connectivity index is 1.96. The standard InChI is InChI=1S/C13H22N2S2/c1-16-9-5-8-11-12(14)17-13(15-11)10-6-3-2-4-7-10/h10H,2-9,14H2,1H3. The zero-order valence-electron chi connectivity index (χ0n) is 10.6. The van der Waals surface area contributed by atoms with Crippen LogP contribution in [0.5, 0.6) is 0 Å². The summed E-state index contributed by atoms with van der Waals surface area (Å²) in [6, 6.07) is 0. The van der Waals surface area contributed by atoms with Crippen molar-refractivity contribution in [3.63, 3.8) is 0 Å². The molecule has 0 saturated heterocycles. The first-order chi connectivity index (χ1) is 8.31. The van der Waals surface area contributed by atoms with E-state index in [0.29, 0.717) is 5.92 Å². The highest BCUT2D eigenvalue weighted by Gasteiger charge is 2.20. The normalized spacial score (nSPS) is 17.5. The number of nitrogens with two attached hydrogens (primary N) is 1. The van der Waals surface area contributed by atoms with Gasteiger partial charge >= 0.3 is 0 Å². The molecule has 0 spiro atoms. The van der Waals surface area contributed by atoms with E-state index in [1.54, 1.807) is 11.3 Å². The first kappa shape index (κ1) is 13.2. The third kappa shape index (κ3) is 3.62. The fourth-order valence-electron chi connectivity index (χ4n) is 2.47. The highest BCUT2D eigenvalue weighted by atomic mass is 32.2. The van der Waals surface area contributed by atoms with Gasteiger partial charge in [0.15, 0.2) is 0 Å². The Bertz CT molecular complexity index is 343. The molecule has 2 nitrogen and oxygen atoms in total. The Hall–Kier alpha value is -0.220. The number of anilines is 1. The number of thioether (sulfide) groups is 1. The number of aryl methyl sites for hydroxylation is 1. The number of nitrogen functional groups attached to an aromatic ring is 1. The van der Waals surface area contributed by atoms with Crippen LogP contribution < -0.4 is 5.73 Å². The van der Waals surface area contributed by atoms with Gasteiger partial charge in [-0.15, -0.1) is 11.3 Å². The predicted octanol–water partition coefficient (Wildman–Crippen LogP) is 4.07. The van der Waals surface area contributed by atoms with E-state index in [2.05, 4.69) is 6.26 Å². The van der Waals surface area contributed by atoms with E-state index in [4.69, 9.17) is 10.7 Å². The van der Waals surface area contributed by atoms with Crippen LogP contribution in [-0.2, 0) is 6.42 Å². The van der Waals surface area contributed by atoms with Crippen molar-refractivity contribution in [3.8, 4) is 0 Å². The van der Waals surface area contributed by atoms with Crippen molar-refractivity contribution in [2.45, 2.75) is 50.9 Å². The van der Waals surface area contributed by atoms with Crippen LogP contribution in [0.2, 0.25) is 0 Å². The number of hydrogen-bond acceptors (Lipinski definition) is 4. The number of thiazole rings is 1. The van der Waals surface area contributed by atoms with E-state index in [-0.39, 0.29) is 0 Å². The van der Waals surface area contributed by atoms with Crippen molar-refractivity contribution in [2.24, 2.45) is 0 Å². The molecule has 4 heteroatoms. The number of nitrogens with zero attached hydrogens (tertiary/aromatic N) is 1. The van der Waals surface area contributed by atoms with Crippen LogP contribution in [0, 0.1) is 0 Å². The van der Waals surface area contributed by atoms with Gasteiger partial charge < -0.3 is 5.73 Å². The lowest BCUT2D eigenvalue weighted by Gasteiger charge is -2.18.